The molecule has 1 unspecified atom stereocenters. The molecule has 0 bridgehead atoms. The molecule has 94 valence electrons. The van der Waals surface area contributed by atoms with Gasteiger partial charge in [0.15, 0.2) is 0 Å². The fourth-order valence-corrected chi connectivity index (χ4v) is 1.83. The molecule has 1 N–H and O–H groups in total. The zero-order chi connectivity index (χ0) is 12.6. The van der Waals surface area contributed by atoms with Crippen molar-refractivity contribution in [2.75, 3.05) is 13.1 Å². The van der Waals surface area contributed by atoms with Crippen molar-refractivity contribution >= 4 is 6.09 Å². The average molecular weight is 229 g/mol. The summed E-state index contributed by atoms with van der Waals surface area (Å²) in [5.74, 6) is 0.139. The monoisotopic (exact) mass is 229 g/mol. The second-order valence-electron chi connectivity index (χ2n) is 6.07. The SMILES string of the molecule is CC(C)(C)OC(=O)N1CCC(C(C)(C)O)C1. The topological polar surface area (TPSA) is 49.8 Å². The normalized spacial score (nSPS) is 22.4. The third kappa shape index (κ3) is 3.67. The quantitative estimate of drug-likeness (QED) is 0.748. The first-order valence-corrected chi connectivity index (χ1v) is 5.80. The highest BCUT2D eigenvalue weighted by molar-refractivity contribution is 5.68. The van der Waals surface area contributed by atoms with Crippen LogP contribution in [0.3, 0.4) is 0 Å². The summed E-state index contributed by atoms with van der Waals surface area (Å²) < 4.78 is 5.29. The summed E-state index contributed by atoms with van der Waals surface area (Å²) in [4.78, 5) is 13.4. The maximum atomic E-state index is 11.8. The van der Waals surface area contributed by atoms with Gasteiger partial charge in [-0.25, -0.2) is 4.79 Å². The molecule has 0 aromatic heterocycles. The van der Waals surface area contributed by atoms with E-state index >= 15 is 0 Å². The summed E-state index contributed by atoms with van der Waals surface area (Å²) >= 11 is 0. The van der Waals surface area contributed by atoms with E-state index < -0.39 is 11.2 Å². The maximum absolute atomic E-state index is 11.8. The van der Waals surface area contributed by atoms with E-state index in [-0.39, 0.29) is 12.0 Å². The van der Waals surface area contributed by atoms with E-state index in [0.717, 1.165) is 6.42 Å². The van der Waals surface area contributed by atoms with Crippen molar-refractivity contribution in [2.45, 2.75) is 52.2 Å². The number of likely N-dealkylation sites (tertiary alicyclic amines) is 1. The van der Waals surface area contributed by atoms with Crippen molar-refractivity contribution in [2.24, 2.45) is 5.92 Å². The van der Waals surface area contributed by atoms with Gasteiger partial charge in [-0.1, -0.05) is 0 Å². The molecule has 1 saturated heterocycles. The minimum Gasteiger partial charge on any atom is -0.444 e. The number of rotatable bonds is 1. The molecule has 0 aliphatic carbocycles. The van der Waals surface area contributed by atoms with E-state index in [1.165, 1.54) is 0 Å². The molecule has 1 fully saturated rings. The van der Waals surface area contributed by atoms with E-state index in [1.54, 1.807) is 18.7 Å². The second kappa shape index (κ2) is 4.24. The Kier molecular flexibility index (Phi) is 3.53. The molecule has 1 atom stereocenters. The predicted octanol–water partition coefficient (Wildman–Crippen LogP) is 2.01. The third-order valence-electron chi connectivity index (χ3n) is 2.84. The van der Waals surface area contributed by atoms with Crippen molar-refractivity contribution in [3.63, 3.8) is 0 Å². The van der Waals surface area contributed by atoms with Crippen molar-refractivity contribution in [3.8, 4) is 0 Å². The van der Waals surface area contributed by atoms with Gasteiger partial charge in [-0.15, -0.1) is 0 Å². The van der Waals surface area contributed by atoms with Gasteiger partial charge in [0.1, 0.15) is 5.60 Å². The summed E-state index contributed by atoms with van der Waals surface area (Å²) in [6, 6.07) is 0. The molecule has 0 aromatic rings. The van der Waals surface area contributed by atoms with Gasteiger partial charge in [0.25, 0.3) is 0 Å². The van der Waals surface area contributed by atoms with Crippen molar-refractivity contribution < 1.29 is 14.6 Å². The van der Waals surface area contributed by atoms with E-state index in [9.17, 15) is 9.90 Å². The van der Waals surface area contributed by atoms with Crippen LogP contribution in [-0.4, -0.2) is 40.4 Å². The summed E-state index contributed by atoms with van der Waals surface area (Å²) in [5.41, 5.74) is -1.18. The lowest BCUT2D eigenvalue weighted by atomic mass is 9.91. The number of aliphatic hydroxyl groups is 1. The maximum Gasteiger partial charge on any atom is 0.410 e. The van der Waals surface area contributed by atoms with Crippen LogP contribution in [0.5, 0.6) is 0 Å². The molecule has 0 aromatic carbocycles. The molecule has 1 aliphatic rings. The Morgan fingerprint density at radius 1 is 1.31 bits per heavy atom. The van der Waals surface area contributed by atoms with Gasteiger partial charge in [0.05, 0.1) is 5.60 Å². The van der Waals surface area contributed by atoms with Gasteiger partial charge in [0.2, 0.25) is 0 Å². The van der Waals surface area contributed by atoms with E-state index in [0.29, 0.717) is 13.1 Å². The first-order chi connectivity index (χ1) is 7.09. The Balaban J connectivity index is 2.51. The van der Waals surface area contributed by atoms with Gasteiger partial charge < -0.3 is 14.7 Å². The van der Waals surface area contributed by atoms with E-state index in [1.807, 2.05) is 20.8 Å². The highest BCUT2D eigenvalue weighted by Crippen LogP contribution is 2.27. The average Bonchev–Trinajstić information content (AvgIpc) is 2.46. The molecule has 4 nitrogen and oxygen atoms in total. The summed E-state index contributed by atoms with van der Waals surface area (Å²) in [6.45, 7) is 10.4. The number of amides is 1. The number of carbonyl (C=O) groups is 1. The highest BCUT2D eigenvalue weighted by atomic mass is 16.6. The molecule has 16 heavy (non-hydrogen) atoms. The van der Waals surface area contributed by atoms with Crippen molar-refractivity contribution in [3.05, 3.63) is 0 Å². The van der Waals surface area contributed by atoms with Crippen LogP contribution in [0.25, 0.3) is 0 Å². The van der Waals surface area contributed by atoms with Crippen LogP contribution in [-0.2, 0) is 4.74 Å². The van der Waals surface area contributed by atoms with Gasteiger partial charge in [-0.05, 0) is 41.0 Å². The molecular weight excluding hydrogens is 206 g/mol. The minimum atomic E-state index is -0.725. The Morgan fingerprint density at radius 2 is 1.88 bits per heavy atom. The van der Waals surface area contributed by atoms with Gasteiger partial charge in [-0.2, -0.15) is 0 Å². The Bertz CT molecular complexity index is 262. The van der Waals surface area contributed by atoms with Crippen LogP contribution >= 0.6 is 0 Å². The van der Waals surface area contributed by atoms with Gasteiger partial charge in [0, 0.05) is 19.0 Å². The second-order valence-corrected chi connectivity index (χ2v) is 6.07. The molecule has 0 radical (unpaired) electrons. The Labute approximate surface area is 97.6 Å². The molecule has 1 amide bonds. The number of hydrogen-bond donors (Lipinski definition) is 1. The molecule has 1 heterocycles. The molecule has 1 rings (SSSR count). The van der Waals surface area contributed by atoms with Crippen LogP contribution in [0.4, 0.5) is 4.79 Å². The lowest BCUT2D eigenvalue weighted by molar-refractivity contribution is 0.0115. The minimum absolute atomic E-state index is 0.139. The smallest absolute Gasteiger partial charge is 0.410 e. The van der Waals surface area contributed by atoms with Crippen LogP contribution < -0.4 is 0 Å². The highest BCUT2D eigenvalue weighted by Gasteiger charge is 2.36. The predicted molar refractivity (Wildman–Crippen MR) is 62.2 cm³/mol. The van der Waals surface area contributed by atoms with Gasteiger partial charge in [-0.3, -0.25) is 0 Å². The lowest BCUT2D eigenvalue weighted by Gasteiger charge is -2.27. The Morgan fingerprint density at radius 3 is 2.25 bits per heavy atom. The zero-order valence-corrected chi connectivity index (χ0v) is 10.9. The fraction of sp³-hybridized carbons (Fsp3) is 0.917. The number of carbonyl (C=O) groups excluding carboxylic acids is 1. The van der Waals surface area contributed by atoms with Gasteiger partial charge >= 0.3 is 6.09 Å². The summed E-state index contributed by atoms with van der Waals surface area (Å²) in [6.07, 6.45) is 0.558. The fourth-order valence-electron chi connectivity index (χ4n) is 1.83. The van der Waals surface area contributed by atoms with Crippen LogP contribution in [0.15, 0.2) is 0 Å². The number of nitrogens with zero attached hydrogens (tertiary/aromatic N) is 1. The Hall–Kier alpha value is -0.770. The largest absolute Gasteiger partial charge is 0.444 e. The van der Waals surface area contributed by atoms with Crippen LogP contribution in [0.2, 0.25) is 0 Å². The summed E-state index contributed by atoms with van der Waals surface area (Å²) in [7, 11) is 0. The number of ether oxygens (including phenoxy) is 1. The summed E-state index contributed by atoms with van der Waals surface area (Å²) in [5, 5.41) is 9.87. The standard InChI is InChI=1S/C12H23NO3/c1-11(2,3)16-10(14)13-7-6-9(8-13)12(4,5)15/h9,15H,6-8H2,1-5H3. The molecule has 4 heteroatoms. The lowest BCUT2D eigenvalue weighted by Crippen LogP contribution is -2.38. The first kappa shape index (κ1) is 13.3. The van der Waals surface area contributed by atoms with Crippen molar-refractivity contribution in [1.82, 2.24) is 4.90 Å². The molecule has 1 aliphatic heterocycles. The number of hydrogen-bond acceptors (Lipinski definition) is 3. The van der Waals surface area contributed by atoms with E-state index in [2.05, 4.69) is 0 Å². The molecule has 0 spiro atoms. The van der Waals surface area contributed by atoms with Crippen LogP contribution in [0, 0.1) is 5.92 Å². The van der Waals surface area contributed by atoms with E-state index in [4.69, 9.17) is 4.74 Å². The third-order valence-corrected chi connectivity index (χ3v) is 2.84. The van der Waals surface area contributed by atoms with Crippen LogP contribution in [0.1, 0.15) is 41.0 Å². The van der Waals surface area contributed by atoms with Crippen molar-refractivity contribution in [1.29, 1.82) is 0 Å². The molecule has 0 saturated carbocycles. The zero-order valence-electron chi connectivity index (χ0n) is 10.9. The first-order valence-electron chi connectivity index (χ1n) is 5.80. The molecular formula is C12H23NO3.